The maximum atomic E-state index is 14.4. The highest BCUT2D eigenvalue weighted by atomic mass is 19.4. The number of nitrogens with one attached hydrogen (secondary N) is 1. The van der Waals surface area contributed by atoms with Gasteiger partial charge in [-0.2, -0.15) is 18.2 Å². The summed E-state index contributed by atoms with van der Waals surface area (Å²) < 4.78 is 69.2. The normalized spacial score (nSPS) is 11.2. The average Bonchev–Trinajstić information content (AvgIpc) is 3.22. The van der Waals surface area contributed by atoms with Gasteiger partial charge in [-0.15, -0.1) is 0 Å². The molecule has 4 aromatic rings. The van der Waals surface area contributed by atoms with Crippen molar-refractivity contribution >= 4 is 40.6 Å². The van der Waals surface area contributed by atoms with Crippen LogP contribution in [-0.2, 0) is 10.9 Å². The Bertz CT molecular complexity index is 1440. The minimum absolute atomic E-state index is 0.0114. The van der Waals surface area contributed by atoms with Crippen LogP contribution in [0, 0.1) is 5.82 Å². The number of aromatic nitrogens is 1. The lowest BCUT2D eigenvalue weighted by Gasteiger charge is -2.22. The predicted octanol–water partition coefficient (Wildman–Crippen LogP) is 6.17. The molecular formula is C23H16F4N4O5. The number of amides is 3. The van der Waals surface area contributed by atoms with Gasteiger partial charge in [-0.05, 0) is 54.6 Å². The molecule has 0 spiro atoms. The van der Waals surface area contributed by atoms with Crippen LogP contribution in [0.4, 0.5) is 44.5 Å². The summed E-state index contributed by atoms with van der Waals surface area (Å²) in [6.45, 7) is 0. The first-order valence-corrected chi connectivity index (χ1v) is 10.0. The molecular weight excluding hydrogens is 488 g/mol. The molecule has 0 unspecified atom stereocenters. The van der Waals surface area contributed by atoms with E-state index in [0.717, 1.165) is 0 Å². The molecule has 3 amide bonds. The highest BCUT2D eigenvalue weighted by Crippen LogP contribution is 2.36. The number of nitrogens with two attached hydrogens (primary N) is 1. The van der Waals surface area contributed by atoms with Gasteiger partial charge >= 0.3 is 24.3 Å². The fraction of sp³-hybridized carbons (Fsp3) is 0.0870. The molecule has 0 aliphatic rings. The summed E-state index contributed by atoms with van der Waals surface area (Å²) >= 11 is 0. The number of halogens is 4. The Kier molecular flexibility index (Phi) is 6.38. The van der Waals surface area contributed by atoms with Gasteiger partial charge in [0.15, 0.2) is 5.58 Å². The quantitative estimate of drug-likeness (QED) is 0.314. The molecule has 0 saturated carbocycles. The van der Waals surface area contributed by atoms with Crippen LogP contribution in [0.15, 0.2) is 65.1 Å². The summed E-state index contributed by atoms with van der Waals surface area (Å²) in [5.74, 6) is -0.463. The zero-order chi connectivity index (χ0) is 26.0. The Morgan fingerprint density at radius 3 is 2.36 bits per heavy atom. The monoisotopic (exact) mass is 504 g/mol. The second-order valence-corrected chi connectivity index (χ2v) is 7.20. The predicted molar refractivity (Wildman–Crippen MR) is 120 cm³/mol. The van der Waals surface area contributed by atoms with Crippen LogP contribution in [0.25, 0.3) is 11.1 Å². The highest BCUT2D eigenvalue weighted by molar-refractivity contribution is 5.98. The third-order valence-electron chi connectivity index (χ3n) is 4.82. The van der Waals surface area contributed by atoms with Crippen molar-refractivity contribution < 1.29 is 41.0 Å². The molecule has 4 rings (SSSR count). The molecule has 9 nitrogen and oxygen atoms in total. The molecule has 0 radical (unpaired) electrons. The largest absolute Gasteiger partial charge is 0.457 e. The number of benzene rings is 3. The van der Waals surface area contributed by atoms with Gasteiger partial charge < -0.3 is 19.6 Å². The first-order chi connectivity index (χ1) is 17.0. The van der Waals surface area contributed by atoms with Crippen LogP contribution < -0.4 is 20.7 Å². The van der Waals surface area contributed by atoms with E-state index in [1.54, 1.807) is 12.1 Å². The van der Waals surface area contributed by atoms with Crippen molar-refractivity contribution in [1.29, 1.82) is 0 Å². The van der Waals surface area contributed by atoms with E-state index >= 15 is 0 Å². The molecule has 36 heavy (non-hydrogen) atoms. The minimum atomic E-state index is -4.75. The summed E-state index contributed by atoms with van der Waals surface area (Å²) in [4.78, 5) is 28.0. The number of hydrogen-bond donors (Lipinski definition) is 2. The molecule has 3 N–H and O–H groups in total. The van der Waals surface area contributed by atoms with E-state index in [4.69, 9.17) is 14.9 Å². The number of carbonyl (C=O) groups is 2. The lowest BCUT2D eigenvalue weighted by atomic mass is 10.1. The van der Waals surface area contributed by atoms with Gasteiger partial charge in [0.1, 0.15) is 22.8 Å². The Hall–Kier alpha value is -4.81. The topological polar surface area (TPSA) is 120 Å². The molecule has 0 atom stereocenters. The zero-order valence-electron chi connectivity index (χ0n) is 18.3. The van der Waals surface area contributed by atoms with Crippen LogP contribution in [0.5, 0.6) is 11.5 Å². The van der Waals surface area contributed by atoms with Crippen LogP contribution in [0.3, 0.4) is 0 Å². The Morgan fingerprint density at radius 1 is 1.03 bits per heavy atom. The fourth-order valence-electron chi connectivity index (χ4n) is 3.20. The number of hydrogen-bond acceptors (Lipinski definition) is 6. The lowest BCUT2D eigenvalue weighted by molar-refractivity contribution is -0.137. The molecule has 3 aromatic carbocycles. The number of methoxy groups -OCH3 is 1. The van der Waals surface area contributed by atoms with Gasteiger partial charge in [0.05, 0.1) is 24.0 Å². The summed E-state index contributed by atoms with van der Waals surface area (Å²) in [5.41, 5.74) is 4.29. The number of anilines is 3. The van der Waals surface area contributed by atoms with Crippen molar-refractivity contribution in [2.45, 2.75) is 6.18 Å². The molecule has 0 aliphatic heterocycles. The molecule has 0 saturated heterocycles. The van der Waals surface area contributed by atoms with Gasteiger partial charge in [0.2, 0.25) is 0 Å². The van der Waals surface area contributed by atoms with Crippen LogP contribution in [0.1, 0.15) is 5.56 Å². The van der Waals surface area contributed by atoms with Crippen molar-refractivity contribution in [2.75, 3.05) is 17.3 Å². The number of rotatable bonds is 5. The average molecular weight is 504 g/mol. The van der Waals surface area contributed by atoms with Crippen molar-refractivity contribution in [3.63, 3.8) is 0 Å². The number of oxazole rings is 1. The molecule has 0 fully saturated rings. The van der Waals surface area contributed by atoms with Crippen LogP contribution in [0.2, 0.25) is 0 Å². The SMILES string of the molecule is COC(=O)Nc1nc2ccc(Oc3ccc(N(C(N)=O)c4cc(C(F)(F)F)ccc4F)cc3)cc2o1. The molecule has 1 heterocycles. The van der Waals surface area contributed by atoms with Crippen LogP contribution >= 0.6 is 0 Å². The summed E-state index contributed by atoms with van der Waals surface area (Å²) in [6.07, 6.45) is -5.50. The van der Waals surface area contributed by atoms with Crippen LogP contribution in [-0.4, -0.2) is 24.2 Å². The molecule has 1 aromatic heterocycles. The lowest BCUT2D eigenvalue weighted by Crippen LogP contribution is -2.32. The van der Waals surface area contributed by atoms with Gasteiger partial charge in [0, 0.05) is 6.07 Å². The van der Waals surface area contributed by atoms with Gasteiger partial charge in [-0.1, -0.05) is 0 Å². The number of ether oxygens (including phenoxy) is 2. The molecule has 186 valence electrons. The van der Waals surface area contributed by atoms with E-state index in [2.05, 4.69) is 15.0 Å². The number of carbonyl (C=O) groups excluding carboxylic acids is 2. The van der Waals surface area contributed by atoms with Crippen molar-refractivity contribution in [3.05, 3.63) is 72.0 Å². The minimum Gasteiger partial charge on any atom is -0.457 e. The van der Waals surface area contributed by atoms with E-state index in [1.165, 1.54) is 37.4 Å². The number of primary amides is 1. The molecule has 0 aliphatic carbocycles. The molecule has 13 heteroatoms. The number of alkyl halides is 3. The Balaban J connectivity index is 1.57. The number of nitrogens with zero attached hydrogens (tertiary/aromatic N) is 2. The summed E-state index contributed by atoms with van der Waals surface area (Å²) in [5, 5.41) is 2.29. The Morgan fingerprint density at radius 2 is 1.72 bits per heavy atom. The number of fused-ring (bicyclic) bond motifs is 1. The maximum Gasteiger partial charge on any atom is 0.416 e. The number of urea groups is 1. The molecule has 0 bridgehead atoms. The third-order valence-corrected chi connectivity index (χ3v) is 4.82. The van der Waals surface area contributed by atoms with E-state index in [0.29, 0.717) is 39.9 Å². The summed E-state index contributed by atoms with van der Waals surface area (Å²) in [6, 6.07) is 10.5. The second-order valence-electron chi connectivity index (χ2n) is 7.20. The first-order valence-electron chi connectivity index (χ1n) is 10.0. The van der Waals surface area contributed by atoms with E-state index in [-0.39, 0.29) is 17.5 Å². The van der Waals surface area contributed by atoms with Crippen molar-refractivity contribution in [1.82, 2.24) is 4.98 Å². The highest BCUT2D eigenvalue weighted by Gasteiger charge is 2.32. The van der Waals surface area contributed by atoms with Crippen molar-refractivity contribution in [2.24, 2.45) is 5.73 Å². The Labute approximate surface area is 200 Å². The maximum absolute atomic E-state index is 14.4. The van der Waals surface area contributed by atoms with E-state index < -0.39 is 35.4 Å². The zero-order valence-corrected chi connectivity index (χ0v) is 18.3. The smallest absolute Gasteiger partial charge is 0.416 e. The standard InChI is InChI=1S/C23H16F4N4O5/c1-34-22(33)30-21-29-17-9-7-15(11-19(17)36-21)35-14-5-3-13(4-6-14)31(20(28)32)18-10-12(23(25,26)27)2-8-16(18)24/h2-11H,1H3,(H2,28,32)(H,29,30,33). The van der Waals surface area contributed by atoms with E-state index in [9.17, 15) is 27.2 Å². The van der Waals surface area contributed by atoms with Gasteiger partial charge in [-0.25, -0.2) is 19.3 Å². The van der Waals surface area contributed by atoms with Gasteiger partial charge in [0.25, 0.3) is 0 Å². The first kappa shape index (κ1) is 24.3. The second kappa shape index (κ2) is 9.44. The van der Waals surface area contributed by atoms with E-state index in [1.807, 2.05) is 0 Å². The summed E-state index contributed by atoms with van der Waals surface area (Å²) in [7, 11) is 1.19. The third kappa shape index (κ3) is 5.14. The van der Waals surface area contributed by atoms with Gasteiger partial charge in [-0.3, -0.25) is 4.90 Å². The van der Waals surface area contributed by atoms with Crippen molar-refractivity contribution in [3.8, 4) is 11.5 Å². The fourth-order valence-corrected chi connectivity index (χ4v) is 3.20.